The zero-order chi connectivity index (χ0) is 23.7. The lowest BCUT2D eigenvalue weighted by atomic mass is 9.98. The van der Waals surface area contributed by atoms with E-state index in [1.165, 1.54) is 0 Å². The van der Waals surface area contributed by atoms with Gasteiger partial charge in [-0.2, -0.15) is 0 Å². The Hall–Kier alpha value is -4.26. The highest BCUT2D eigenvalue weighted by Crippen LogP contribution is 2.41. The number of carbonyl (C=O) groups is 1. The fourth-order valence-corrected chi connectivity index (χ4v) is 4.28. The molecule has 0 fully saturated rings. The lowest BCUT2D eigenvalue weighted by molar-refractivity contribution is 0.0701. The zero-order valence-corrected chi connectivity index (χ0v) is 18.7. The number of amides is 1. The van der Waals surface area contributed by atoms with Crippen LogP contribution < -0.4 is 14.9 Å². The Bertz CT molecular complexity index is 1420. The highest BCUT2D eigenvalue weighted by molar-refractivity contribution is 5.99. The lowest BCUT2D eigenvalue weighted by Gasteiger charge is -2.25. The van der Waals surface area contributed by atoms with Crippen LogP contribution in [0.4, 0.5) is 0 Å². The van der Waals surface area contributed by atoms with E-state index < -0.39 is 6.04 Å². The standard InChI is InChI=1S/C27H23NO6/c1-3-13-33-21-12-11-17(15-22(21)31-4-2)24-23-25(29)19-9-5-6-10-20(19)34-26(23)27(30)28(24)16-18-8-7-14-32-18/h3,5-12,14-15,24H,1,4,13,16H2,2H3. The summed E-state index contributed by atoms with van der Waals surface area (Å²) in [4.78, 5) is 28.7. The number of fused-ring (bicyclic) bond motifs is 2. The van der Waals surface area contributed by atoms with Gasteiger partial charge in [0.15, 0.2) is 16.9 Å². The summed E-state index contributed by atoms with van der Waals surface area (Å²) in [5.41, 5.74) is 1.15. The Morgan fingerprint density at radius 1 is 1.06 bits per heavy atom. The van der Waals surface area contributed by atoms with Crippen LogP contribution in [0, 0.1) is 0 Å². The lowest BCUT2D eigenvalue weighted by Crippen LogP contribution is -2.29. The van der Waals surface area contributed by atoms with Gasteiger partial charge in [-0.25, -0.2) is 0 Å². The van der Waals surface area contributed by atoms with Gasteiger partial charge >= 0.3 is 0 Å². The van der Waals surface area contributed by atoms with Gasteiger partial charge in [-0.05, 0) is 48.9 Å². The van der Waals surface area contributed by atoms with Gasteiger partial charge in [0.25, 0.3) is 5.91 Å². The predicted molar refractivity (Wildman–Crippen MR) is 126 cm³/mol. The molecule has 7 heteroatoms. The van der Waals surface area contributed by atoms with Gasteiger partial charge < -0.3 is 23.2 Å². The molecule has 3 heterocycles. The van der Waals surface area contributed by atoms with Crippen LogP contribution in [0.5, 0.6) is 11.5 Å². The summed E-state index contributed by atoms with van der Waals surface area (Å²) in [6, 6.07) is 15.2. The Kier molecular flexibility index (Phi) is 5.67. The number of para-hydroxylation sites is 1. The van der Waals surface area contributed by atoms with Crippen LogP contribution in [0.15, 0.2) is 87.1 Å². The summed E-state index contributed by atoms with van der Waals surface area (Å²) in [6.07, 6.45) is 3.20. The second-order valence-electron chi connectivity index (χ2n) is 7.82. The number of benzene rings is 2. The molecule has 2 aromatic carbocycles. The molecule has 5 rings (SSSR count). The monoisotopic (exact) mass is 457 g/mol. The molecule has 0 N–H and O–H groups in total. The molecule has 4 aromatic rings. The molecule has 0 saturated heterocycles. The molecular weight excluding hydrogens is 434 g/mol. The van der Waals surface area contributed by atoms with Crippen LogP contribution in [0.1, 0.15) is 40.4 Å². The molecule has 1 aliphatic heterocycles. The molecule has 0 aliphatic carbocycles. The first-order chi connectivity index (χ1) is 16.6. The van der Waals surface area contributed by atoms with Crippen molar-refractivity contribution < 1.29 is 23.1 Å². The average Bonchev–Trinajstić information content (AvgIpc) is 3.46. The van der Waals surface area contributed by atoms with E-state index in [2.05, 4.69) is 6.58 Å². The predicted octanol–water partition coefficient (Wildman–Crippen LogP) is 5.09. The molecule has 0 spiro atoms. The Morgan fingerprint density at radius 3 is 2.68 bits per heavy atom. The van der Waals surface area contributed by atoms with Crippen LogP contribution >= 0.6 is 0 Å². The Balaban J connectivity index is 1.69. The first-order valence-corrected chi connectivity index (χ1v) is 11.0. The largest absolute Gasteiger partial charge is 0.490 e. The van der Waals surface area contributed by atoms with Crippen molar-refractivity contribution in [3.05, 3.63) is 106 Å². The minimum absolute atomic E-state index is 0.0465. The van der Waals surface area contributed by atoms with Gasteiger partial charge in [-0.3, -0.25) is 9.59 Å². The number of rotatable bonds is 8. The molecule has 2 aromatic heterocycles. The van der Waals surface area contributed by atoms with Crippen molar-refractivity contribution in [1.82, 2.24) is 4.90 Å². The first kappa shape index (κ1) is 21.6. The molecule has 1 aliphatic rings. The van der Waals surface area contributed by atoms with Crippen molar-refractivity contribution in [2.75, 3.05) is 13.2 Å². The van der Waals surface area contributed by atoms with Gasteiger partial charge in [-0.15, -0.1) is 0 Å². The van der Waals surface area contributed by atoms with Crippen molar-refractivity contribution in [1.29, 1.82) is 0 Å². The zero-order valence-electron chi connectivity index (χ0n) is 18.7. The second kappa shape index (κ2) is 8.94. The summed E-state index contributed by atoms with van der Waals surface area (Å²) in [5, 5.41) is 0.426. The first-order valence-electron chi connectivity index (χ1n) is 11.0. The maximum absolute atomic E-state index is 13.6. The SMILES string of the molecule is C=CCOc1ccc(C2c3c(oc4ccccc4c3=O)C(=O)N2Cc2ccco2)cc1OCC. The summed E-state index contributed by atoms with van der Waals surface area (Å²) >= 11 is 0. The normalized spacial score (nSPS) is 14.9. The van der Waals surface area contributed by atoms with Crippen molar-refractivity contribution >= 4 is 16.9 Å². The van der Waals surface area contributed by atoms with Crippen LogP contribution in [-0.2, 0) is 6.54 Å². The van der Waals surface area contributed by atoms with E-state index in [0.29, 0.717) is 52.6 Å². The summed E-state index contributed by atoms with van der Waals surface area (Å²) in [7, 11) is 0. The van der Waals surface area contributed by atoms with Crippen LogP contribution in [0.3, 0.4) is 0 Å². The number of furan rings is 1. The van der Waals surface area contributed by atoms with Crippen molar-refractivity contribution in [3.63, 3.8) is 0 Å². The summed E-state index contributed by atoms with van der Waals surface area (Å²) in [5.74, 6) is 1.34. The van der Waals surface area contributed by atoms with Gasteiger partial charge in [0.05, 0.1) is 36.4 Å². The highest BCUT2D eigenvalue weighted by atomic mass is 16.5. The third kappa shape index (κ3) is 3.65. The van der Waals surface area contributed by atoms with Crippen molar-refractivity contribution in [2.24, 2.45) is 0 Å². The number of nitrogens with zero attached hydrogens (tertiary/aromatic N) is 1. The molecular formula is C27H23NO6. The van der Waals surface area contributed by atoms with Gasteiger partial charge in [-0.1, -0.05) is 30.9 Å². The summed E-state index contributed by atoms with van der Waals surface area (Å²) < 4.78 is 23.0. The average molecular weight is 457 g/mol. The number of hydrogen-bond acceptors (Lipinski definition) is 6. The molecule has 1 unspecified atom stereocenters. The third-order valence-corrected chi connectivity index (χ3v) is 5.72. The molecule has 0 saturated carbocycles. The van der Waals surface area contributed by atoms with E-state index in [9.17, 15) is 9.59 Å². The van der Waals surface area contributed by atoms with Crippen molar-refractivity contribution in [2.45, 2.75) is 19.5 Å². The van der Waals surface area contributed by atoms with Crippen LogP contribution in [0.25, 0.3) is 11.0 Å². The van der Waals surface area contributed by atoms with E-state index in [1.54, 1.807) is 65.8 Å². The highest BCUT2D eigenvalue weighted by Gasteiger charge is 2.43. The third-order valence-electron chi connectivity index (χ3n) is 5.72. The molecule has 7 nitrogen and oxygen atoms in total. The topological polar surface area (TPSA) is 82.1 Å². The summed E-state index contributed by atoms with van der Waals surface area (Å²) in [6.45, 7) is 6.49. The van der Waals surface area contributed by atoms with Gasteiger partial charge in [0, 0.05) is 0 Å². The minimum Gasteiger partial charge on any atom is -0.490 e. The van der Waals surface area contributed by atoms with E-state index in [1.807, 2.05) is 13.0 Å². The van der Waals surface area contributed by atoms with Gasteiger partial charge in [0.2, 0.25) is 5.76 Å². The number of ether oxygens (including phenoxy) is 2. The van der Waals surface area contributed by atoms with Crippen molar-refractivity contribution in [3.8, 4) is 11.5 Å². The van der Waals surface area contributed by atoms with E-state index >= 15 is 0 Å². The second-order valence-corrected chi connectivity index (χ2v) is 7.82. The van der Waals surface area contributed by atoms with Crippen LogP contribution in [-0.4, -0.2) is 24.0 Å². The van der Waals surface area contributed by atoms with E-state index in [0.717, 1.165) is 0 Å². The van der Waals surface area contributed by atoms with Crippen LogP contribution in [0.2, 0.25) is 0 Å². The van der Waals surface area contributed by atoms with E-state index in [-0.39, 0.29) is 23.6 Å². The number of carbonyl (C=O) groups excluding carboxylic acids is 1. The molecule has 0 bridgehead atoms. The fraction of sp³-hybridized carbons (Fsp3) is 0.185. The van der Waals surface area contributed by atoms with Gasteiger partial charge in [0.1, 0.15) is 18.0 Å². The number of hydrogen-bond donors (Lipinski definition) is 0. The Morgan fingerprint density at radius 2 is 1.91 bits per heavy atom. The minimum atomic E-state index is -0.680. The molecule has 172 valence electrons. The fourth-order valence-electron chi connectivity index (χ4n) is 4.28. The molecule has 0 radical (unpaired) electrons. The molecule has 1 atom stereocenters. The molecule has 34 heavy (non-hydrogen) atoms. The maximum Gasteiger partial charge on any atom is 0.291 e. The maximum atomic E-state index is 13.6. The quantitative estimate of drug-likeness (QED) is 0.343. The Labute approximate surface area is 195 Å². The molecule has 1 amide bonds. The van der Waals surface area contributed by atoms with E-state index in [4.69, 9.17) is 18.3 Å². The smallest absolute Gasteiger partial charge is 0.291 e.